The van der Waals surface area contributed by atoms with Gasteiger partial charge in [-0.3, -0.25) is 0 Å². The summed E-state index contributed by atoms with van der Waals surface area (Å²) in [7, 11) is 2.13. The number of hydrogen-bond acceptors (Lipinski definition) is 2. The summed E-state index contributed by atoms with van der Waals surface area (Å²) < 4.78 is 0. The molecule has 102 valence electrons. The van der Waals surface area contributed by atoms with Gasteiger partial charge in [-0.1, -0.05) is 51.1 Å². The van der Waals surface area contributed by atoms with E-state index in [2.05, 4.69) is 39.6 Å². The molecule has 1 aromatic rings. The second-order valence-electron chi connectivity index (χ2n) is 5.97. The highest BCUT2D eigenvalue weighted by atomic mass is 16.3. The zero-order chi connectivity index (χ0) is 13.8. The second kappa shape index (κ2) is 6.35. The molecule has 18 heavy (non-hydrogen) atoms. The Hall–Kier alpha value is -0.860. The highest BCUT2D eigenvalue weighted by Crippen LogP contribution is 2.34. The van der Waals surface area contributed by atoms with Crippen LogP contribution in [0, 0.1) is 5.41 Å². The topological polar surface area (TPSA) is 23.5 Å². The lowest BCUT2D eigenvalue weighted by molar-refractivity contribution is 0.0180. The molecule has 2 nitrogen and oxygen atoms in total. The number of aliphatic hydroxyl groups is 1. The molecule has 0 saturated carbocycles. The van der Waals surface area contributed by atoms with Crippen molar-refractivity contribution in [3.8, 4) is 0 Å². The van der Waals surface area contributed by atoms with Gasteiger partial charge in [0.1, 0.15) is 0 Å². The first-order valence-electron chi connectivity index (χ1n) is 6.81. The minimum absolute atomic E-state index is 0.153. The largest absolute Gasteiger partial charge is 0.388 e. The van der Waals surface area contributed by atoms with Crippen molar-refractivity contribution in [3.05, 3.63) is 35.9 Å². The van der Waals surface area contributed by atoms with E-state index in [0.29, 0.717) is 6.04 Å². The van der Waals surface area contributed by atoms with Crippen molar-refractivity contribution in [3.63, 3.8) is 0 Å². The minimum Gasteiger partial charge on any atom is -0.388 e. The Bertz CT molecular complexity index is 347. The highest BCUT2D eigenvalue weighted by molar-refractivity contribution is 5.19. The zero-order valence-electron chi connectivity index (χ0n) is 12.4. The summed E-state index contributed by atoms with van der Waals surface area (Å²) in [6.45, 7) is 9.57. The van der Waals surface area contributed by atoms with Crippen molar-refractivity contribution in [1.29, 1.82) is 0 Å². The van der Waals surface area contributed by atoms with Crippen LogP contribution in [0.3, 0.4) is 0 Å². The maximum absolute atomic E-state index is 10.5. The van der Waals surface area contributed by atoms with Gasteiger partial charge in [0.15, 0.2) is 0 Å². The first kappa shape index (κ1) is 15.2. The average Bonchev–Trinajstić information content (AvgIpc) is 2.37. The predicted molar refractivity (Wildman–Crippen MR) is 77.6 cm³/mol. The average molecular weight is 249 g/mol. The molecule has 0 amide bonds. The van der Waals surface area contributed by atoms with Crippen LogP contribution in [-0.4, -0.2) is 29.6 Å². The normalized spacial score (nSPS) is 15.7. The van der Waals surface area contributed by atoms with Crippen molar-refractivity contribution in [2.24, 2.45) is 5.41 Å². The molecule has 1 rings (SSSR count). The van der Waals surface area contributed by atoms with Crippen molar-refractivity contribution >= 4 is 0 Å². The molecule has 0 aliphatic heterocycles. The van der Waals surface area contributed by atoms with E-state index in [4.69, 9.17) is 0 Å². The van der Waals surface area contributed by atoms with E-state index < -0.39 is 6.10 Å². The lowest BCUT2D eigenvalue weighted by Crippen LogP contribution is -2.40. The Morgan fingerprint density at radius 2 is 1.78 bits per heavy atom. The van der Waals surface area contributed by atoms with Gasteiger partial charge in [0.05, 0.1) is 6.10 Å². The van der Waals surface area contributed by atoms with E-state index in [-0.39, 0.29) is 5.41 Å². The second-order valence-corrected chi connectivity index (χ2v) is 5.97. The summed E-state index contributed by atoms with van der Waals surface area (Å²) in [6, 6.07) is 10.5. The maximum Gasteiger partial charge on any atom is 0.0853 e. The van der Waals surface area contributed by atoms with E-state index >= 15 is 0 Å². The van der Waals surface area contributed by atoms with Gasteiger partial charge in [-0.2, -0.15) is 0 Å². The SMILES string of the molecule is CCC(C)N(C)CC(C)(C)C(O)c1ccccc1. The van der Waals surface area contributed by atoms with Crippen LogP contribution in [0.1, 0.15) is 45.8 Å². The predicted octanol–water partition coefficient (Wildman–Crippen LogP) is 3.48. The molecular weight excluding hydrogens is 222 g/mol. The van der Waals surface area contributed by atoms with Gasteiger partial charge >= 0.3 is 0 Å². The Balaban J connectivity index is 2.74. The molecule has 1 N–H and O–H groups in total. The molecule has 0 aliphatic carbocycles. The van der Waals surface area contributed by atoms with Crippen LogP contribution in [0.25, 0.3) is 0 Å². The molecule has 0 fully saturated rings. The van der Waals surface area contributed by atoms with Crippen LogP contribution in [0.4, 0.5) is 0 Å². The van der Waals surface area contributed by atoms with Crippen LogP contribution in [0.2, 0.25) is 0 Å². The molecule has 2 atom stereocenters. The molecule has 0 radical (unpaired) electrons. The Morgan fingerprint density at radius 1 is 1.22 bits per heavy atom. The van der Waals surface area contributed by atoms with E-state index in [1.165, 1.54) is 0 Å². The van der Waals surface area contributed by atoms with Gasteiger partial charge < -0.3 is 10.0 Å². The third kappa shape index (κ3) is 3.82. The molecule has 0 aromatic heterocycles. The van der Waals surface area contributed by atoms with Gasteiger partial charge in [-0.05, 0) is 26.0 Å². The summed E-state index contributed by atoms with van der Waals surface area (Å²) in [5.74, 6) is 0. The van der Waals surface area contributed by atoms with Crippen LogP contribution in [0.5, 0.6) is 0 Å². The van der Waals surface area contributed by atoms with E-state index in [0.717, 1.165) is 18.5 Å². The number of hydrogen-bond donors (Lipinski definition) is 1. The van der Waals surface area contributed by atoms with E-state index in [1.54, 1.807) is 0 Å². The molecule has 0 spiro atoms. The molecule has 0 bridgehead atoms. The smallest absolute Gasteiger partial charge is 0.0853 e. The summed E-state index contributed by atoms with van der Waals surface area (Å²) in [6.07, 6.45) is 0.707. The Morgan fingerprint density at radius 3 is 2.28 bits per heavy atom. The van der Waals surface area contributed by atoms with Crippen LogP contribution in [0.15, 0.2) is 30.3 Å². The molecule has 1 aromatic carbocycles. The van der Waals surface area contributed by atoms with Crippen LogP contribution in [-0.2, 0) is 0 Å². The molecule has 0 heterocycles. The van der Waals surface area contributed by atoms with Crippen molar-refractivity contribution in [2.45, 2.75) is 46.3 Å². The summed E-state index contributed by atoms with van der Waals surface area (Å²) in [5.41, 5.74) is 0.847. The van der Waals surface area contributed by atoms with E-state index in [1.807, 2.05) is 30.3 Å². The number of rotatable bonds is 6. The third-order valence-corrected chi connectivity index (χ3v) is 3.86. The van der Waals surface area contributed by atoms with Gasteiger partial charge in [0.2, 0.25) is 0 Å². The van der Waals surface area contributed by atoms with Gasteiger partial charge in [-0.15, -0.1) is 0 Å². The number of aliphatic hydroxyl groups excluding tert-OH is 1. The third-order valence-electron chi connectivity index (χ3n) is 3.86. The van der Waals surface area contributed by atoms with Crippen molar-refractivity contribution in [2.75, 3.05) is 13.6 Å². The standard InChI is InChI=1S/C16H27NO/c1-6-13(2)17(5)12-16(3,4)15(18)14-10-8-7-9-11-14/h7-11,13,15,18H,6,12H2,1-5H3. The first-order valence-corrected chi connectivity index (χ1v) is 6.81. The van der Waals surface area contributed by atoms with Gasteiger partial charge in [-0.25, -0.2) is 0 Å². The Kier molecular flexibility index (Phi) is 5.36. The molecule has 2 heteroatoms. The summed E-state index contributed by atoms with van der Waals surface area (Å²) in [4.78, 5) is 2.33. The van der Waals surface area contributed by atoms with Crippen molar-refractivity contribution < 1.29 is 5.11 Å². The quantitative estimate of drug-likeness (QED) is 0.834. The lowest BCUT2D eigenvalue weighted by Gasteiger charge is -2.37. The van der Waals surface area contributed by atoms with Gasteiger partial charge in [0, 0.05) is 18.0 Å². The number of nitrogens with zero attached hydrogens (tertiary/aromatic N) is 1. The van der Waals surface area contributed by atoms with E-state index in [9.17, 15) is 5.11 Å². The Labute approximate surface area is 112 Å². The molecule has 2 unspecified atom stereocenters. The fourth-order valence-corrected chi connectivity index (χ4v) is 2.28. The fourth-order valence-electron chi connectivity index (χ4n) is 2.28. The number of benzene rings is 1. The molecule has 0 aliphatic rings. The molecular formula is C16H27NO. The fraction of sp³-hybridized carbons (Fsp3) is 0.625. The summed E-state index contributed by atoms with van der Waals surface area (Å²) >= 11 is 0. The zero-order valence-corrected chi connectivity index (χ0v) is 12.4. The van der Waals surface area contributed by atoms with Crippen LogP contribution < -0.4 is 0 Å². The summed E-state index contributed by atoms with van der Waals surface area (Å²) in [5, 5.41) is 10.5. The lowest BCUT2D eigenvalue weighted by atomic mass is 9.82. The minimum atomic E-state index is -0.426. The van der Waals surface area contributed by atoms with Gasteiger partial charge in [0.25, 0.3) is 0 Å². The van der Waals surface area contributed by atoms with Crippen molar-refractivity contribution in [1.82, 2.24) is 4.90 Å². The first-order chi connectivity index (χ1) is 8.38. The monoisotopic (exact) mass is 249 g/mol. The van der Waals surface area contributed by atoms with Crippen LogP contribution >= 0.6 is 0 Å². The maximum atomic E-state index is 10.5. The molecule has 0 saturated heterocycles. The highest BCUT2D eigenvalue weighted by Gasteiger charge is 2.31.